The normalized spacial score (nSPS) is 11.9. The van der Waals surface area contributed by atoms with Crippen molar-refractivity contribution in [3.05, 3.63) is 71.3 Å². The third kappa shape index (κ3) is 3.20. The fourth-order valence-corrected chi connectivity index (χ4v) is 2.06. The molecule has 1 atom stereocenters. The first-order valence-electron chi connectivity index (χ1n) is 6.25. The SMILES string of the molecule is CNC(=O)c1ccccc1CC(O)c1ccccc1. The number of aliphatic hydroxyl groups is 1. The fourth-order valence-electron chi connectivity index (χ4n) is 2.06. The largest absolute Gasteiger partial charge is 0.388 e. The van der Waals surface area contributed by atoms with Gasteiger partial charge in [0.2, 0.25) is 0 Å². The number of amides is 1. The molecule has 2 rings (SSSR count). The summed E-state index contributed by atoms with van der Waals surface area (Å²) < 4.78 is 0. The average Bonchev–Trinajstić information content (AvgIpc) is 2.48. The van der Waals surface area contributed by atoms with E-state index >= 15 is 0 Å². The standard InChI is InChI=1S/C16H17NO2/c1-17-16(19)14-10-6-5-9-13(14)11-15(18)12-7-3-2-4-8-12/h2-10,15,18H,11H2,1H3,(H,17,19). The Balaban J connectivity index is 2.22. The molecule has 0 heterocycles. The maximum Gasteiger partial charge on any atom is 0.251 e. The molecule has 1 amide bonds. The number of carbonyl (C=O) groups excluding carboxylic acids is 1. The van der Waals surface area contributed by atoms with Crippen molar-refractivity contribution in [3.8, 4) is 0 Å². The maximum atomic E-state index is 11.8. The highest BCUT2D eigenvalue weighted by molar-refractivity contribution is 5.95. The zero-order chi connectivity index (χ0) is 13.7. The number of rotatable bonds is 4. The Kier molecular flexibility index (Phi) is 4.31. The highest BCUT2D eigenvalue weighted by atomic mass is 16.3. The van der Waals surface area contributed by atoms with Gasteiger partial charge < -0.3 is 10.4 Å². The van der Waals surface area contributed by atoms with Crippen LogP contribution in [0.3, 0.4) is 0 Å². The second-order valence-electron chi connectivity index (χ2n) is 4.37. The average molecular weight is 255 g/mol. The second kappa shape index (κ2) is 6.16. The molecule has 0 fully saturated rings. The van der Waals surface area contributed by atoms with E-state index in [0.29, 0.717) is 12.0 Å². The molecule has 0 aliphatic carbocycles. The summed E-state index contributed by atoms with van der Waals surface area (Å²) in [4.78, 5) is 11.8. The molecule has 3 heteroatoms. The Morgan fingerprint density at radius 1 is 1.11 bits per heavy atom. The number of benzene rings is 2. The molecule has 1 unspecified atom stereocenters. The smallest absolute Gasteiger partial charge is 0.251 e. The first kappa shape index (κ1) is 13.3. The van der Waals surface area contributed by atoms with Crippen LogP contribution in [0.15, 0.2) is 54.6 Å². The predicted octanol–water partition coefficient (Wildman–Crippen LogP) is 2.32. The molecular formula is C16H17NO2. The van der Waals surface area contributed by atoms with Crippen LogP contribution in [0.5, 0.6) is 0 Å². The van der Waals surface area contributed by atoms with Crippen molar-refractivity contribution >= 4 is 5.91 Å². The Labute approximate surface area is 112 Å². The third-order valence-corrected chi connectivity index (χ3v) is 3.09. The lowest BCUT2D eigenvalue weighted by molar-refractivity contribution is 0.0961. The molecule has 0 saturated heterocycles. The number of nitrogens with one attached hydrogen (secondary N) is 1. The van der Waals surface area contributed by atoms with Gasteiger partial charge in [-0.3, -0.25) is 4.79 Å². The van der Waals surface area contributed by atoms with E-state index in [9.17, 15) is 9.90 Å². The molecule has 98 valence electrons. The van der Waals surface area contributed by atoms with Crippen LogP contribution in [-0.2, 0) is 6.42 Å². The van der Waals surface area contributed by atoms with Gasteiger partial charge >= 0.3 is 0 Å². The van der Waals surface area contributed by atoms with Crippen molar-refractivity contribution in [1.29, 1.82) is 0 Å². The molecule has 0 aliphatic heterocycles. The van der Waals surface area contributed by atoms with Gasteiger partial charge in [-0.05, 0) is 17.2 Å². The molecule has 19 heavy (non-hydrogen) atoms. The lowest BCUT2D eigenvalue weighted by Crippen LogP contribution is -2.20. The fraction of sp³-hybridized carbons (Fsp3) is 0.188. The van der Waals surface area contributed by atoms with Crippen LogP contribution in [0.1, 0.15) is 27.6 Å². The summed E-state index contributed by atoms with van der Waals surface area (Å²) in [6.07, 6.45) is -0.180. The summed E-state index contributed by atoms with van der Waals surface area (Å²) >= 11 is 0. The van der Waals surface area contributed by atoms with E-state index in [-0.39, 0.29) is 5.91 Å². The summed E-state index contributed by atoms with van der Waals surface area (Å²) in [6.45, 7) is 0. The highest BCUT2D eigenvalue weighted by Crippen LogP contribution is 2.20. The predicted molar refractivity (Wildman–Crippen MR) is 74.9 cm³/mol. The van der Waals surface area contributed by atoms with Gasteiger partial charge in [-0.1, -0.05) is 48.5 Å². The van der Waals surface area contributed by atoms with Crippen molar-refractivity contribution in [3.63, 3.8) is 0 Å². The Morgan fingerprint density at radius 3 is 2.42 bits per heavy atom. The van der Waals surface area contributed by atoms with Crippen LogP contribution >= 0.6 is 0 Å². The van der Waals surface area contributed by atoms with E-state index in [1.807, 2.05) is 48.5 Å². The summed E-state index contributed by atoms with van der Waals surface area (Å²) in [5, 5.41) is 12.8. The van der Waals surface area contributed by atoms with Crippen molar-refractivity contribution < 1.29 is 9.90 Å². The summed E-state index contributed by atoms with van der Waals surface area (Å²) in [6, 6.07) is 16.8. The first-order chi connectivity index (χ1) is 9.22. The van der Waals surface area contributed by atoms with Crippen molar-refractivity contribution in [1.82, 2.24) is 5.32 Å². The maximum absolute atomic E-state index is 11.8. The number of aliphatic hydroxyl groups excluding tert-OH is 1. The van der Waals surface area contributed by atoms with E-state index < -0.39 is 6.10 Å². The van der Waals surface area contributed by atoms with Crippen molar-refractivity contribution in [2.75, 3.05) is 7.05 Å². The van der Waals surface area contributed by atoms with Crippen LogP contribution in [0.25, 0.3) is 0 Å². The monoisotopic (exact) mass is 255 g/mol. The minimum Gasteiger partial charge on any atom is -0.388 e. The zero-order valence-corrected chi connectivity index (χ0v) is 10.8. The molecule has 3 nitrogen and oxygen atoms in total. The van der Waals surface area contributed by atoms with E-state index in [1.54, 1.807) is 13.1 Å². The minimum atomic E-state index is -0.605. The van der Waals surface area contributed by atoms with E-state index in [1.165, 1.54) is 0 Å². The molecule has 0 aromatic heterocycles. The molecule has 2 N–H and O–H groups in total. The molecule has 0 aliphatic rings. The lowest BCUT2D eigenvalue weighted by atomic mass is 9.97. The summed E-state index contributed by atoms with van der Waals surface area (Å²) in [5.41, 5.74) is 2.31. The molecule has 0 saturated carbocycles. The van der Waals surface area contributed by atoms with E-state index in [0.717, 1.165) is 11.1 Å². The van der Waals surface area contributed by atoms with Gasteiger partial charge in [0.1, 0.15) is 0 Å². The van der Waals surface area contributed by atoms with Gasteiger partial charge in [0.05, 0.1) is 6.10 Å². The lowest BCUT2D eigenvalue weighted by Gasteiger charge is -2.13. The molecular weight excluding hydrogens is 238 g/mol. The van der Waals surface area contributed by atoms with Crippen LogP contribution in [0.4, 0.5) is 0 Å². The molecule has 2 aromatic rings. The van der Waals surface area contributed by atoms with Gasteiger partial charge in [-0.2, -0.15) is 0 Å². The van der Waals surface area contributed by atoms with Crippen LogP contribution < -0.4 is 5.32 Å². The van der Waals surface area contributed by atoms with Gasteiger partial charge in [0.25, 0.3) is 5.91 Å². The minimum absolute atomic E-state index is 0.129. The van der Waals surface area contributed by atoms with E-state index in [2.05, 4.69) is 5.32 Å². The number of carbonyl (C=O) groups is 1. The van der Waals surface area contributed by atoms with Crippen LogP contribution in [0, 0.1) is 0 Å². The van der Waals surface area contributed by atoms with Gasteiger partial charge in [-0.25, -0.2) is 0 Å². The molecule has 0 spiro atoms. The summed E-state index contributed by atoms with van der Waals surface area (Å²) in [5.74, 6) is -0.129. The van der Waals surface area contributed by atoms with Crippen molar-refractivity contribution in [2.45, 2.75) is 12.5 Å². The zero-order valence-electron chi connectivity index (χ0n) is 10.8. The Morgan fingerprint density at radius 2 is 1.74 bits per heavy atom. The van der Waals surface area contributed by atoms with Crippen molar-refractivity contribution in [2.24, 2.45) is 0 Å². The second-order valence-corrected chi connectivity index (χ2v) is 4.37. The van der Waals surface area contributed by atoms with Crippen LogP contribution in [-0.4, -0.2) is 18.1 Å². The van der Waals surface area contributed by atoms with Gasteiger partial charge in [-0.15, -0.1) is 0 Å². The number of hydrogen-bond donors (Lipinski definition) is 2. The van der Waals surface area contributed by atoms with Gasteiger partial charge in [0, 0.05) is 19.0 Å². The molecule has 2 aromatic carbocycles. The molecule has 0 radical (unpaired) electrons. The highest BCUT2D eigenvalue weighted by Gasteiger charge is 2.14. The topological polar surface area (TPSA) is 49.3 Å². The summed E-state index contributed by atoms with van der Waals surface area (Å²) in [7, 11) is 1.60. The third-order valence-electron chi connectivity index (χ3n) is 3.09. The van der Waals surface area contributed by atoms with Crippen LogP contribution in [0.2, 0.25) is 0 Å². The first-order valence-corrected chi connectivity index (χ1v) is 6.25. The Hall–Kier alpha value is -2.13. The van der Waals surface area contributed by atoms with Gasteiger partial charge in [0.15, 0.2) is 0 Å². The van der Waals surface area contributed by atoms with E-state index in [4.69, 9.17) is 0 Å². The Bertz CT molecular complexity index is 552. The number of hydrogen-bond acceptors (Lipinski definition) is 2. The quantitative estimate of drug-likeness (QED) is 0.881. The molecule has 0 bridgehead atoms.